The SMILES string of the molecule is CC(=O)N(C)[C@@H]1CN(CCN2[C@@H]3C[CH]C[C@@]2(C(N)=O)CC3)C[C@@H]1O. The fourth-order valence-electron chi connectivity index (χ4n) is 4.69. The summed E-state index contributed by atoms with van der Waals surface area (Å²) in [5.74, 6) is -0.241. The highest BCUT2D eigenvalue weighted by Gasteiger charge is 2.52. The van der Waals surface area contributed by atoms with E-state index in [-0.39, 0.29) is 17.9 Å². The molecule has 0 aromatic heterocycles. The minimum absolute atomic E-state index is 0.0295. The van der Waals surface area contributed by atoms with Gasteiger partial charge >= 0.3 is 0 Å². The van der Waals surface area contributed by atoms with Crippen molar-refractivity contribution >= 4 is 11.8 Å². The van der Waals surface area contributed by atoms with Gasteiger partial charge < -0.3 is 15.7 Å². The zero-order valence-corrected chi connectivity index (χ0v) is 14.6. The summed E-state index contributed by atoms with van der Waals surface area (Å²) in [6, 6.07) is 0.258. The summed E-state index contributed by atoms with van der Waals surface area (Å²) in [6.45, 7) is 4.32. The van der Waals surface area contributed by atoms with E-state index in [0.717, 1.165) is 38.8 Å². The Morgan fingerprint density at radius 3 is 2.79 bits per heavy atom. The average Bonchev–Trinajstić information content (AvgIpc) is 2.98. The van der Waals surface area contributed by atoms with Crippen molar-refractivity contribution in [1.29, 1.82) is 0 Å². The number of carbonyl (C=O) groups excluding carboxylic acids is 2. The average molecular weight is 337 g/mol. The van der Waals surface area contributed by atoms with Crippen molar-refractivity contribution < 1.29 is 14.7 Å². The molecule has 0 aliphatic carbocycles. The molecule has 2 bridgehead atoms. The molecular formula is C17H29N4O3. The minimum atomic E-state index is -0.518. The predicted molar refractivity (Wildman–Crippen MR) is 89.9 cm³/mol. The van der Waals surface area contributed by atoms with Crippen LogP contribution in [0.4, 0.5) is 0 Å². The Hall–Kier alpha value is -1.18. The summed E-state index contributed by atoms with van der Waals surface area (Å²) in [5, 5.41) is 10.2. The Bertz CT molecular complexity index is 510. The Balaban J connectivity index is 1.60. The first kappa shape index (κ1) is 17.6. The molecule has 7 nitrogen and oxygen atoms in total. The van der Waals surface area contributed by atoms with Crippen molar-refractivity contribution in [2.45, 2.75) is 56.3 Å². The number of likely N-dealkylation sites (N-methyl/N-ethyl adjacent to an activating group) is 1. The number of aliphatic hydroxyl groups excluding tert-OH is 1. The van der Waals surface area contributed by atoms with Crippen LogP contribution in [0.1, 0.15) is 32.6 Å². The standard InChI is InChI=1S/C17H29N4O3/c1-12(22)19(2)14-10-20(11-15(14)23)8-9-21-13-4-3-6-17(21,7-5-13)16(18)24/h3,13-15,23H,4-11H2,1-2H3,(H2,18,24)/t13-,14-,15+,17+/m1/s1. The van der Waals surface area contributed by atoms with Gasteiger partial charge in [-0.3, -0.25) is 19.4 Å². The number of carbonyl (C=O) groups is 2. The zero-order chi connectivity index (χ0) is 17.5. The summed E-state index contributed by atoms with van der Waals surface area (Å²) >= 11 is 0. The van der Waals surface area contributed by atoms with Gasteiger partial charge in [-0.1, -0.05) is 0 Å². The molecular weight excluding hydrogens is 308 g/mol. The van der Waals surface area contributed by atoms with Gasteiger partial charge in [0.1, 0.15) is 5.54 Å². The van der Waals surface area contributed by atoms with Gasteiger partial charge in [0.05, 0.1) is 12.1 Å². The lowest BCUT2D eigenvalue weighted by Crippen LogP contribution is -2.59. The molecule has 2 amide bonds. The maximum atomic E-state index is 12.1. The summed E-state index contributed by atoms with van der Waals surface area (Å²) in [5.41, 5.74) is 5.23. The third-order valence-electron chi connectivity index (χ3n) is 6.25. The zero-order valence-electron chi connectivity index (χ0n) is 14.6. The Morgan fingerprint density at radius 1 is 1.38 bits per heavy atom. The minimum Gasteiger partial charge on any atom is -0.390 e. The highest BCUT2D eigenvalue weighted by molar-refractivity contribution is 5.85. The molecule has 3 aliphatic rings. The number of hydrogen-bond donors (Lipinski definition) is 2. The predicted octanol–water partition coefficient (Wildman–Crippen LogP) is -0.804. The maximum Gasteiger partial charge on any atom is 0.237 e. The molecule has 0 unspecified atom stereocenters. The van der Waals surface area contributed by atoms with Crippen LogP contribution in [0, 0.1) is 6.42 Å². The van der Waals surface area contributed by atoms with Gasteiger partial charge in [0.15, 0.2) is 0 Å². The number of likely N-dealkylation sites (tertiary alicyclic amines) is 1. The van der Waals surface area contributed by atoms with Gasteiger partial charge in [0.25, 0.3) is 0 Å². The van der Waals surface area contributed by atoms with Crippen LogP contribution in [-0.4, -0.2) is 88.6 Å². The van der Waals surface area contributed by atoms with Gasteiger partial charge in [0.2, 0.25) is 11.8 Å². The second kappa shape index (κ2) is 6.61. The monoisotopic (exact) mass is 337 g/mol. The van der Waals surface area contributed by atoms with E-state index >= 15 is 0 Å². The molecule has 3 fully saturated rings. The topological polar surface area (TPSA) is 90.1 Å². The molecule has 4 atom stereocenters. The van der Waals surface area contributed by atoms with Crippen molar-refractivity contribution in [3.63, 3.8) is 0 Å². The largest absolute Gasteiger partial charge is 0.390 e. The van der Waals surface area contributed by atoms with Crippen LogP contribution in [0.25, 0.3) is 0 Å². The van der Waals surface area contributed by atoms with Crippen molar-refractivity contribution in [1.82, 2.24) is 14.7 Å². The number of aliphatic hydroxyl groups is 1. The molecule has 3 aliphatic heterocycles. The lowest BCUT2D eigenvalue weighted by atomic mass is 9.87. The summed E-state index contributed by atoms with van der Waals surface area (Å²) < 4.78 is 0. The van der Waals surface area contributed by atoms with Crippen LogP contribution in [0.15, 0.2) is 0 Å². The molecule has 0 aromatic rings. The lowest BCUT2D eigenvalue weighted by molar-refractivity contribution is -0.131. The molecule has 7 heteroatoms. The number of nitrogens with zero attached hydrogens (tertiary/aromatic N) is 3. The molecule has 3 rings (SSSR count). The smallest absolute Gasteiger partial charge is 0.237 e. The van der Waals surface area contributed by atoms with Crippen LogP contribution in [0.5, 0.6) is 0 Å². The molecule has 24 heavy (non-hydrogen) atoms. The molecule has 3 N–H and O–H groups in total. The number of piperidine rings is 1. The highest BCUT2D eigenvalue weighted by atomic mass is 16.3. The van der Waals surface area contributed by atoms with Crippen LogP contribution < -0.4 is 5.73 Å². The van der Waals surface area contributed by atoms with E-state index < -0.39 is 11.6 Å². The first-order valence-electron chi connectivity index (χ1n) is 8.87. The molecule has 0 spiro atoms. The third-order valence-corrected chi connectivity index (χ3v) is 6.25. The van der Waals surface area contributed by atoms with E-state index in [9.17, 15) is 14.7 Å². The summed E-state index contributed by atoms with van der Waals surface area (Å²) in [7, 11) is 1.74. The number of β-amino-alcohol motifs (C(OH)–C–C–N with tert-alkyl or cyclic N) is 1. The molecule has 135 valence electrons. The number of rotatable bonds is 5. The van der Waals surface area contributed by atoms with E-state index in [4.69, 9.17) is 5.73 Å². The quantitative estimate of drug-likeness (QED) is 0.685. The van der Waals surface area contributed by atoms with Gasteiger partial charge in [-0.05, 0) is 32.1 Å². The van der Waals surface area contributed by atoms with E-state index in [0.29, 0.717) is 19.1 Å². The van der Waals surface area contributed by atoms with Crippen LogP contribution in [-0.2, 0) is 9.59 Å². The van der Waals surface area contributed by atoms with Crippen LogP contribution >= 0.6 is 0 Å². The van der Waals surface area contributed by atoms with Crippen molar-refractivity contribution in [3.05, 3.63) is 6.42 Å². The van der Waals surface area contributed by atoms with Crippen molar-refractivity contribution in [2.24, 2.45) is 5.73 Å². The molecule has 0 saturated carbocycles. The normalized spacial score (nSPS) is 36.9. The number of nitrogens with two attached hydrogens (primary N) is 1. The van der Waals surface area contributed by atoms with Crippen LogP contribution in [0.2, 0.25) is 0 Å². The lowest BCUT2D eigenvalue weighted by Gasteiger charge is -2.43. The number of fused-ring (bicyclic) bond motifs is 2. The van der Waals surface area contributed by atoms with Crippen LogP contribution in [0.3, 0.4) is 0 Å². The van der Waals surface area contributed by atoms with Gasteiger partial charge in [-0.15, -0.1) is 0 Å². The number of amides is 2. The van der Waals surface area contributed by atoms with Gasteiger partial charge in [-0.2, -0.15) is 0 Å². The van der Waals surface area contributed by atoms with E-state index in [1.165, 1.54) is 6.92 Å². The maximum absolute atomic E-state index is 12.1. The van der Waals surface area contributed by atoms with E-state index in [1.807, 2.05) is 0 Å². The fourth-order valence-corrected chi connectivity index (χ4v) is 4.69. The molecule has 3 saturated heterocycles. The van der Waals surface area contributed by atoms with Gasteiger partial charge in [0, 0.05) is 46.2 Å². The third kappa shape index (κ3) is 2.93. The summed E-state index contributed by atoms with van der Waals surface area (Å²) in [4.78, 5) is 29.7. The Kier molecular flexibility index (Phi) is 4.86. The number of primary amides is 1. The van der Waals surface area contributed by atoms with E-state index in [2.05, 4.69) is 16.2 Å². The van der Waals surface area contributed by atoms with E-state index in [1.54, 1.807) is 11.9 Å². The molecule has 1 radical (unpaired) electrons. The summed E-state index contributed by atoms with van der Waals surface area (Å²) in [6.07, 6.45) is 5.33. The molecule has 0 aromatic carbocycles. The first-order valence-corrected chi connectivity index (χ1v) is 8.87. The molecule has 3 heterocycles. The fraction of sp³-hybridized carbons (Fsp3) is 0.824. The van der Waals surface area contributed by atoms with Crippen molar-refractivity contribution in [2.75, 3.05) is 33.2 Å². The number of hydrogen-bond acceptors (Lipinski definition) is 5. The second-order valence-electron chi connectivity index (χ2n) is 7.53. The van der Waals surface area contributed by atoms with Gasteiger partial charge in [-0.25, -0.2) is 0 Å². The highest BCUT2D eigenvalue weighted by Crippen LogP contribution is 2.43. The Morgan fingerprint density at radius 2 is 2.12 bits per heavy atom. The second-order valence-corrected chi connectivity index (χ2v) is 7.53. The Labute approximate surface area is 143 Å². The van der Waals surface area contributed by atoms with Crippen molar-refractivity contribution in [3.8, 4) is 0 Å². The first-order chi connectivity index (χ1) is 11.3.